The zero-order chi connectivity index (χ0) is 20.5. The number of nitrogens with zero attached hydrogens (tertiary/aromatic N) is 2. The van der Waals surface area contributed by atoms with Gasteiger partial charge in [-0.1, -0.05) is 6.07 Å². The summed E-state index contributed by atoms with van der Waals surface area (Å²) < 4.78 is 60.9. The van der Waals surface area contributed by atoms with Gasteiger partial charge in [-0.3, -0.25) is 4.79 Å². The van der Waals surface area contributed by atoms with Crippen molar-refractivity contribution in [3.05, 3.63) is 64.2 Å². The van der Waals surface area contributed by atoms with Crippen molar-refractivity contribution in [2.75, 3.05) is 6.61 Å². The first-order valence-electron chi connectivity index (χ1n) is 7.96. The lowest BCUT2D eigenvalue weighted by Gasteiger charge is -2.13. The topological polar surface area (TPSA) is 70.4 Å². The molecule has 0 atom stereocenters. The normalized spacial score (nSPS) is 11.5. The van der Waals surface area contributed by atoms with Crippen molar-refractivity contribution < 1.29 is 31.8 Å². The molecule has 0 saturated carbocycles. The number of carbonyl (C=O) groups excluding carboxylic acids is 1. The molecule has 0 aliphatic carbocycles. The van der Waals surface area contributed by atoms with Crippen molar-refractivity contribution in [1.29, 1.82) is 0 Å². The van der Waals surface area contributed by atoms with Gasteiger partial charge in [0.2, 0.25) is 11.1 Å². The molecule has 0 fully saturated rings. The highest BCUT2D eigenvalue weighted by molar-refractivity contribution is 5.92. The minimum atomic E-state index is -4.86. The monoisotopic (exact) mass is 396 g/mol. The first-order chi connectivity index (χ1) is 13.2. The van der Waals surface area contributed by atoms with Crippen molar-refractivity contribution in [1.82, 2.24) is 9.78 Å². The number of ether oxygens (including phenoxy) is 2. The van der Waals surface area contributed by atoms with E-state index in [-0.39, 0.29) is 17.8 Å². The van der Waals surface area contributed by atoms with Crippen LogP contribution in [0.15, 0.2) is 47.3 Å². The summed E-state index contributed by atoms with van der Waals surface area (Å²) >= 11 is 0. The van der Waals surface area contributed by atoms with Crippen LogP contribution in [0.4, 0.5) is 17.6 Å². The van der Waals surface area contributed by atoms with Crippen molar-refractivity contribution in [3.8, 4) is 11.4 Å². The maximum Gasteiger partial charge on any atom is 0.573 e. The quantitative estimate of drug-likeness (QED) is 0.498. The Morgan fingerprint density at radius 2 is 1.82 bits per heavy atom. The van der Waals surface area contributed by atoms with Crippen molar-refractivity contribution in [2.45, 2.75) is 13.3 Å². The summed E-state index contributed by atoms with van der Waals surface area (Å²) in [5, 5.41) is 3.54. The Morgan fingerprint density at radius 1 is 1.14 bits per heavy atom. The molecule has 0 spiro atoms. The number of fused-ring (bicyclic) bond motifs is 1. The third-order valence-electron chi connectivity index (χ3n) is 3.65. The van der Waals surface area contributed by atoms with E-state index in [4.69, 9.17) is 4.74 Å². The van der Waals surface area contributed by atoms with Gasteiger partial charge < -0.3 is 9.47 Å². The zero-order valence-electron chi connectivity index (χ0n) is 14.3. The second kappa shape index (κ2) is 7.29. The zero-order valence-corrected chi connectivity index (χ0v) is 14.3. The molecule has 3 rings (SSSR count). The van der Waals surface area contributed by atoms with Crippen LogP contribution in [0.25, 0.3) is 16.6 Å². The van der Waals surface area contributed by atoms with Crippen LogP contribution in [0.2, 0.25) is 0 Å². The maximum absolute atomic E-state index is 14.3. The van der Waals surface area contributed by atoms with Crippen molar-refractivity contribution >= 4 is 16.9 Å². The molecule has 1 aromatic heterocycles. The standard InChI is InChI=1S/C18H12F4N2O4/c1-2-27-17(26)15-16(25)14-12(19)4-3-5-13(14)24(23-15)10-6-8-11(9-7-10)28-18(20,21)22/h3-9H,2H2,1H3. The fourth-order valence-electron chi connectivity index (χ4n) is 2.55. The molecule has 146 valence electrons. The molecular weight excluding hydrogens is 384 g/mol. The maximum atomic E-state index is 14.3. The number of alkyl halides is 3. The van der Waals surface area contributed by atoms with Gasteiger partial charge in [0, 0.05) is 0 Å². The van der Waals surface area contributed by atoms with Gasteiger partial charge in [-0.15, -0.1) is 13.2 Å². The van der Waals surface area contributed by atoms with Gasteiger partial charge >= 0.3 is 12.3 Å². The number of esters is 1. The summed E-state index contributed by atoms with van der Waals surface area (Å²) in [6.45, 7) is 1.50. The van der Waals surface area contributed by atoms with Gasteiger partial charge in [-0.25, -0.2) is 13.9 Å². The molecule has 3 aromatic rings. The highest BCUT2D eigenvalue weighted by atomic mass is 19.4. The first-order valence-corrected chi connectivity index (χ1v) is 7.96. The summed E-state index contributed by atoms with van der Waals surface area (Å²) in [5.74, 6) is -2.39. The van der Waals surface area contributed by atoms with E-state index in [2.05, 4.69) is 9.84 Å². The molecule has 10 heteroatoms. The number of carbonyl (C=O) groups is 1. The Balaban J connectivity index is 2.20. The summed E-state index contributed by atoms with van der Waals surface area (Å²) in [5.41, 5.74) is -1.38. The lowest BCUT2D eigenvalue weighted by Crippen LogP contribution is -2.24. The van der Waals surface area contributed by atoms with Gasteiger partial charge in [0.15, 0.2) is 0 Å². The third kappa shape index (κ3) is 3.80. The van der Waals surface area contributed by atoms with Crippen LogP contribution in [0.3, 0.4) is 0 Å². The Labute approximate surface area is 154 Å². The van der Waals surface area contributed by atoms with Crippen LogP contribution in [0.5, 0.6) is 5.75 Å². The second-order valence-corrected chi connectivity index (χ2v) is 5.49. The largest absolute Gasteiger partial charge is 0.573 e. The summed E-state index contributed by atoms with van der Waals surface area (Å²) in [7, 11) is 0. The van der Waals surface area contributed by atoms with Crippen LogP contribution in [0, 0.1) is 5.82 Å². The lowest BCUT2D eigenvalue weighted by molar-refractivity contribution is -0.274. The van der Waals surface area contributed by atoms with Gasteiger partial charge in [-0.2, -0.15) is 5.10 Å². The van der Waals surface area contributed by atoms with Crippen LogP contribution in [-0.4, -0.2) is 28.7 Å². The van der Waals surface area contributed by atoms with Crippen molar-refractivity contribution in [2.24, 2.45) is 0 Å². The molecule has 0 unspecified atom stereocenters. The van der Waals surface area contributed by atoms with Crippen LogP contribution in [-0.2, 0) is 4.74 Å². The average Bonchev–Trinajstić information content (AvgIpc) is 2.62. The Morgan fingerprint density at radius 3 is 2.43 bits per heavy atom. The Bertz CT molecular complexity index is 1090. The molecule has 0 bridgehead atoms. The van der Waals surface area contributed by atoms with Crippen LogP contribution >= 0.6 is 0 Å². The fraction of sp³-hybridized carbons (Fsp3) is 0.167. The smallest absolute Gasteiger partial charge is 0.461 e. The number of aromatic nitrogens is 2. The molecule has 0 aliphatic rings. The van der Waals surface area contributed by atoms with E-state index in [1.54, 1.807) is 0 Å². The van der Waals surface area contributed by atoms with Gasteiger partial charge in [0.1, 0.15) is 11.6 Å². The number of hydrogen-bond donors (Lipinski definition) is 0. The molecule has 6 nitrogen and oxygen atoms in total. The summed E-state index contributed by atoms with van der Waals surface area (Å²) in [6, 6.07) is 8.26. The molecule has 0 radical (unpaired) electrons. The first kappa shape index (κ1) is 19.3. The van der Waals surface area contributed by atoms with Gasteiger partial charge in [0.05, 0.1) is 23.2 Å². The summed E-state index contributed by atoms with van der Waals surface area (Å²) in [4.78, 5) is 24.5. The van der Waals surface area contributed by atoms with E-state index in [0.29, 0.717) is 0 Å². The molecule has 0 saturated heterocycles. The second-order valence-electron chi connectivity index (χ2n) is 5.49. The van der Waals surface area contributed by atoms with Crippen LogP contribution < -0.4 is 10.2 Å². The fourth-order valence-corrected chi connectivity index (χ4v) is 2.55. The minimum Gasteiger partial charge on any atom is -0.461 e. The summed E-state index contributed by atoms with van der Waals surface area (Å²) in [6.07, 6.45) is -4.86. The van der Waals surface area contributed by atoms with Gasteiger partial charge in [0.25, 0.3) is 0 Å². The predicted octanol–water partition coefficient (Wildman–Crippen LogP) is 3.60. The average molecular weight is 396 g/mol. The predicted molar refractivity (Wildman–Crippen MR) is 89.9 cm³/mol. The minimum absolute atomic E-state index is 0.0290. The highest BCUT2D eigenvalue weighted by Crippen LogP contribution is 2.25. The molecule has 0 amide bonds. The Hall–Kier alpha value is -3.43. The molecule has 0 aliphatic heterocycles. The molecule has 1 heterocycles. The van der Waals surface area contributed by atoms with Crippen molar-refractivity contribution in [3.63, 3.8) is 0 Å². The third-order valence-corrected chi connectivity index (χ3v) is 3.65. The molecule has 28 heavy (non-hydrogen) atoms. The number of rotatable bonds is 4. The van der Waals surface area contributed by atoms with E-state index in [1.807, 2.05) is 0 Å². The lowest BCUT2D eigenvalue weighted by atomic mass is 10.1. The van der Waals surface area contributed by atoms with E-state index < -0.39 is 40.4 Å². The van der Waals surface area contributed by atoms with E-state index in [1.165, 1.54) is 31.2 Å². The van der Waals surface area contributed by atoms with E-state index >= 15 is 0 Å². The van der Waals surface area contributed by atoms with E-state index in [9.17, 15) is 27.2 Å². The number of benzene rings is 2. The SMILES string of the molecule is CCOC(=O)c1nn(-c2ccc(OC(F)(F)F)cc2)c2cccc(F)c2c1=O. The molecule has 2 aromatic carbocycles. The van der Waals surface area contributed by atoms with Gasteiger partial charge in [-0.05, 0) is 43.3 Å². The number of halogens is 4. The van der Waals surface area contributed by atoms with Crippen LogP contribution in [0.1, 0.15) is 17.4 Å². The molecular formula is C18H12F4N2O4. The number of hydrogen-bond acceptors (Lipinski definition) is 5. The van der Waals surface area contributed by atoms with E-state index in [0.717, 1.165) is 22.9 Å². The highest BCUT2D eigenvalue weighted by Gasteiger charge is 2.31. The molecule has 0 N–H and O–H groups in total. The Kier molecular flexibility index (Phi) is 5.04.